The van der Waals surface area contributed by atoms with Gasteiger partial charge in [-0.1, -0.05) is 12.1 Å². The van der Waals surface area contributed by atoms with Crippen molar-refractivity contribution in [1.82, 2.24) is 15.3 Å². The molecule has 0 aliphatic rings. The molecule has 1 amide bonds. The number of ether oxygens (including phenoxy) is 2. The number of hydrogen-bond acceptors (Lipinski definition) is 6. The zero-order valence-electron chi connectivity index (χ0n) is 13.3. The second-order valence-electron chi connectivity index (χ2n) is 4.65. The van der Waals surface area contributed by atoms with Gasteiger partial charge in [0.2, 0.25) is 0 Å². The van der Waals surface area contributed by atoms with E-state index in [0.29, 0.717) is 23.6 Å². The van der Waals surface area contributed by atoms with Crippen LogP contribution in [-0.4, -0.2) is 42.1 Å². The molecule has 2 aromatic rings. The molecule has 8 nitrogen and oxygen atoms in total. The molecule has 0 saturated heterocycles. The first-order chi connectivity index (χ1) is 11.6. The van der Waals surface area contributed by atoms with Crippen LogP contribution in [0.4, 0.5) is 0 Å². The fraction of sp³-hybridized carbons (Fsp3) is 0.250. The summed E-state index contributed by atoms with van der Waals surface area (Å²) in [6.07, 6.45) is 1.40. The lowest BCUT2D eigenvalue weighted by atomic mass is 10.1. The topological polar surface area (TPSA) is 110 Å². The number of benzene rings is 1. The van der Waals surface area contributed by atoms with Crippen LogP contribution in [0.5, 0.6) is 5.75 Å². The second kappa shape index (κ2) is 7.91. The molecule has 0 bridgehead atoms. The molecule has 2 rings (SSSR count). The second-order valence-corrected chi connectivity index (χ2v) is 4.65. The van der Waals surface area contributed by atoms with Crippen molar-refractivity contribution in [1.29, 1.82) is 0 Å². The number of carbonyl (C=O) groups excluding carboxylic acids is 2. The highest BCUT2D eigenvalue weighted by molar-refractivity contribution is 5.94. The third kappa shape index (κ3) is 3.97. The van der Waals surface area contributed by atoms with Crippen LogP contribution in [0.15, 0.2) is 35.3 Å². The smallest absolute Gasteiger partial charge is 0.325 e. The predicted octanol–water partition coefficient (Wildman–Crippen LogP) is 0.738. The summed E-state index contributed by atoms with van der Waals surface area (Å²) < 4.78 is 9.95. The van der Waals surface area contributed by atoms with E-state index in [9.17, 15) is 14.4 Å². The SMILES string of the molecule is CCOc1ccccc1-c1c[nH]c(=O)c(C(=O)NCC(=O)OC)n1. The van der Waals surface area contributed by atoms with Crippen molar-refractivity contribution >= 4 is 11.9 Å². The standard InChI is InChI=1S/C16H17N3O5/c1-3-24-12-7-5-4-6-10(12)11-8-17-15(21)14(19-11)16(22)18-9-13(20)23-2/h4-8H,3,9H2,1-2H3,(H,17,21)(H,18,22). The molecule has 0 aliphatic heterocycles. The Kier molecular flexibility index (Phi) is 5.67. The van der Waals surface area contributed by atoms with E-state index in [1.54, 1.807) is 18.2 Å². The molecule has 0 unspecified atom stereocenters. The normalized spacial score (nSPS) is 10.1. The number of nitrogens with one attached hydrogen (secondary N) is 2. The molecule has 0 saturated carbocycles. The Morgan fingerprint density at radius 2 is 2.04 bits per heavy atom. The number of methoxy groups -OCH3 is 1. The molecule has 0 atom stereocenters. The van der Waals surface area contributed by atoms with E-state index in [-0.39, 0.29) is 12.2 Å². The summed E-state index contributed by atoms with van der Waals surface area (Å²) in [7, 11) is 1.20. The molecular formula is C16H17N3O5. The zero-order chi connectivity index (χ0) is 17.5. The molecule has 0 radical (unpaired) electrons. The van der Waals surface area contributed by atoms with Gasteiger partial charge in [0.15, 0.2) is 5.69 Å². The summed E-state index contributed by atoms with van der Waals surface area (Å²) in [4.78, 5) is 41.5. The fourth-order valence-electron chi connectivity index (χ4n) is 1.97. The van der Waals surface area contributed by atoms with Crippen molar-refractivity contribution in [2.45, 2.75) is 6.92 Å². The van der Waals surface area contributed by atoms with Crippen LogP contribution in [0.3, 0.4) is 0 Å². The van der Waals surface area contributed by atoms with Gasteiger partial charge in [-0.2, -0.15) is 0 Å². The fourth-order valence-corrected chi connectivity index (χ4v) is 1.97. The maximum atomic E-state index is 12.0. The number of amides is 1. The minimum Gasteiger partial charge on any atom is -0.493 e. The lowest BCUT2D eigenvalue weighted by Crippen LogP contribution is -2.34. The van der Waals surface area contributed by atoms with Crippen LogP contribution >= 0.6 is 0 Å². The Hall–Kier alpha value is -3.16. The molecule has 1 aromatic heterocycles. The van der Waals surface area contributed by atoms with Gasteiger partial charge in [-0.3, -0.25) is 14.4 Å². The summed E-state index contributed by atoms with van der Waals surface area (Å²) in [6.45, 7) is 1.96. The first kappa shape index (κ1) is 17.2. The highest BCUT2D eigenvalue weighted by Crippen LogP contribution is 2.27. The van der Waals surface area contributed by atoms with Crippen molar-refractivity contribution in [3.05, 3.63) is 46.5 Å². The third-order valence-electron chi connectivity index (χ3n) is 3.09. The van der Waals surface area contributed by atoms with Crippen LogP contribution in [0, 0.1) is 0 Å². The summed E-state index contributed by atoms with van der Waals surface area (Å²) in [5, 5.41) is 2.28. The van der Waals surface area contributed by atoms with E-state index in [0.717, 1.165) is 0 Å². The number of nitrogens with zero attached hydrogens (tertiary/aromatic N) is 1. The van der Waals surface area contributed by atoms with Crippen LogP contribution in [-0.2, 0) is 9.53 Å². The average molecular weight is 331 g/mol. The molecule has 8 heteroatoms. The first-order valence-corrected chi connectivity index (χ1v) is 7.23. The van der Waals surface area contributed by atoms with Gasteiger partial charge >= 0.3 is 5.97 Å². The maximum Gasteiger partial charge on any atom is 0.325 e. The predicted molar refractivity (Wildman–Crippen MR) is 85.8 cm³/mol. The number of aromatic nitrogens is 2. The van der Waals surface area contributed by atoms with E-state index in [1.165, 1.54) is 13.3 Å². The van der Waals surface area contributed by atoms with Crippen molar-refractivity contribution in [3.8, 4) is 17.0 Å². The van der Waals surface area contributed by atoms with E-state index in [4.69, 9.17) is 4.74 Å². The van der Waals surface area contributed by atoms with Gasteiger partial charge in [-0.25, -0.2) is 4.98 Å². The summed E-state index contributed by atoms with van der Waals surface area (Å²) in [5.41, 5.74) is 0.0113. The van der Waals surface area contributed by atoms with E-state index < -0.39 is 17.4 Å². The van der Waals surface area contributed by atoms with Crippen LogP contribution in [0.2, 0.25) is 0 Å². The van der Waals surface area contributed by atoms with Gasteiger partial charge in [-0.05, 0) is 19.1 Å². The van der Waals surface area contributed by atoms with Crippen LogP contribution in [0.1, 0.15) is 17.4 Å². The number of carbonyl (C=O) groups is 2. The molecule has 0 spiro atoms. The molecule has 1 heterocycles. The molecule has 126 valence electrons. The van der Waals surface area contributed by atoms with Gasteiger partial charge in [0, 0.05) is 11.8 Å². The Balaban J connectivity index is 2.34. The lowest BCUT2D eigenvalue weighted by molar-refractivity contribution is -0.139. The Morgan fingerprint density at radius 3 is 2.75 bits per heavy atom. The molecule has 2 N–H and O–H groups in total. The van der Waals surface area contributed by atoms with Crippen molar-refractivity contribution in [2.24, 2.45) is 0 Å². The van der Waals surface area contributed by atoms with E-state index >= 15 is 0 Å². The first-order valence-electron chi connectivity index (χ1n) is 7.23. The maximum absolute atomic E-state index is 12.0. The largest absolute Gasteiger partial charge is 0.493 e. The Labute approximate surface area is 137 Å². The van der Waals surface area contributed by atoms with Crippen LogP contribution in [0.25, 0.3) is 11.3 Å². The number of rotatable bonds is 6. The lowest BCUT2D eigenvalue weighted by Gasteiger charge is -2.10. The summed E-state index contributed by atoms with van der Waals surface area (Å²) in [6, 6.07) is 7.14. The summed E-state index contributed by atoms with van der Waals surface area (Å²) in [5.74, 6) is -0.810. The number of aromatic amines is 1. The molecule has 1 aromatic carbocycles. The number of esters is 1. The molecular weight excluding hydrogens is 314 g/mol. The molecule has 0 aliphatic carbocycles. The quantitative estimate of drug-likeness (QED) is 0.755. The number of H-pyrrole nitrogens is 1. The highest BCUT2D eigenvalue weighted by Gasteiger charge is 2.16. The number of para-hydroxylation sites is 1. The van der Waals surface area contributed by atoms with Gasteiger partial charge in [0.1, 0.15) is 12.3 Å². The highest BCUT2D eigenvalue weighted by atomic mass is 16.5. The minimum absolute atomic E-state index is 0.345. The monoisotopic (exact) mass is 331 g/mol. The van der Waals surface area contributed by atoms with Crippen LogP contribution < -0.4 is 15.6 Å². The molecule has 0 fully saturated rings. The van der Waals surface area contributed by atoms with Gasteiger partial charge in [0.25, 0.3) is 11.5 Å². The zero-order valence-corrected chi connectivity index (χ0v) is 13.3. The van der Waals surface area contributed by atoms with Crippen molar-refractivity contribution in [3.63, 3.8) is 0 Å². The van der Waals surface area contributed by atoms with Gasteiger partial charge in [0.05, 0.1) is 19.4 Å². The average Bonchev–Trinajstić information content (AvgIpc) is 2.60. The van der Waals surface area contributed by atoms with E-state index in [1.807, 2.05) is 13.0 Å². The van der Waals surface area contributed by atoms with Gasteiger partial charge in [-0.15, -0.1) is 0 Å². The summed E-state index contributed by atoms with van der Waals surface area (Å²) >= 11 is 0. The number of hydrogen-bond donors (Lipinski definition) is 2. The van der Waals surface area contributed by atoms with Gasteiger partial charge < -0.3 is 19.8 Å². The van der Waals surface area contributed by atoms with Crippen molar-refractivity contribution in [2.75, 3.05) is 20.3 Å². The third-order valence-corrected chi connectivity index (χ3v) is 3.09. The van der Waals surface area contributed by atoms with E-state index in [2.05, 4.69) is 20.0 Å². The Morgan fingerprint density at radius 1 is 1.29 bits per heavy atom. The molecule has 24 heavy (non-hydrogen) atoms. The minimum atomic E-state index is -0.766. The Bertz CT molecular complexity index is 800. The van der Waals surface area contributed by atoms with Crippen molar-refractivity contribution < 1.29 is 19.1 Å².